The maximum Gasteiger partial charge on any atom is 0.308 e. The SMILES string of the molecule is O=C(O)[C@H]1CCCC1n1ccc2cnc(C3=CCc4ncc(F)cc43)nc21. The molecule has 6 nitrogen and oxygen atoms in total. The average molecular weight is 364 g/mol. The Morgan fingerprint density at radius 3 is 3.00 bits per heavy atom. The van der Waals surface area contributed by atoms with Crippen molar-refractivity contribution in [2.75, 3.05) is 0 Å². The van der Waals surface area contributed by atoms with Gasteiger partial charge in [0, 0.05) is 41.4 Å². The molecule has 1 unspecified atom stereocenters. The lowest BCUT2D eigenvalue weighted by Gasteiger charge is -2.18. The van der Waals surface area contributed by atoms with Crippen LogP contribution in [0.2, 0.25) is 0 Å². The van der Waals surface area contributed by atoms with Crippen LogP contribution in [0.1, 0.15) is 42.4 Å². The highest BCUT2D eigenvalue weighted by molar-refractivity contribution is 5.84. The van der Waals surface area contributed by atoms with Crippen LogP contribution in [0.4, 0.5) is 4.39 Å². The van der Waals surface area contributed by atoms with E-state index in [1.807, 2.05) is 22.9 Å². The van der Waals surface area contributed by atoms with Gasteiger partial charge in [-0.1, -0.05) is 12.5 Å². The minimum absolute atomic E-state index is 0.105. The quantitative estimate of drug-likeness (QED) is 0.771. The maximum atomic E-state index is 13.7. The summed E-state index contributed by atoms with van der Waals surface area (Å²) in [6.07, 6.45) is 9.83. The highest BCUT2D eigenvalue weighted by Gasteiger charge is 2.35. The number of carboxylic acid groups (broad SMARTS) is 1. The summed E-state index contributed by atoms with van der Waals surface area (Å²) in [5, 5.41) is 10.4. The van der Waals surface area contributed by atoms with Crippen molar-refractivity contribution in [3.63, 3.8) is 0 Å². The number of fused-ring (bicyclic) bond motifs is 2. The number of halogens is 1. The molecule has 0 aliphatic heterocycles. The van der Waals surface area contributed by atoms with Crippen molar-refractivity contribution in [1.82, 2.24) is 19.5 Å². The number of carbonyl (C=O) groups is 1. The molecule has 27 heavy (non-hydrogen) atoms. The van der Waals surface area contributed by atoms with Gasteiger partial charge < -0.3 is 9.67 Å². The van der Waals surface area contributed by atoms with Crippen LogP contribution < -0.4 is 0 Å². The van der Waals surface area contributed by atoms with Crippen LogP contribution in [0.25, 0.3) is 16.6 Å². The first kappa shape index (κ1) is 16.1. The minimum atomic E-state index is -0.761. The highest BCUT2D eigenvalue weighted by Crippen LogP contribution is 2.38. The molecule has 2 aliphatic rings. The first-order valence-corrected chi connectivity index (χ1v) is 9.03. The summed E-state index contributed by atoms with van der Waals surface area (Å²) in [5.74, 6) is -1.04. The molecular formula is C20H17FN4O2. The summed E-state index contributed by atoms with van der Waals surface area (Å²) < 4.78 is 15.6. The van der Waals surface area contributed by atoms with E-state index in [0.717, 1.165) is 40.7 Å². The molecule has 7 heteroatoms. The van der Waals surface area contributed by atoms with Crippen molar-refractivity contribution in [2.45, 2.75) is 31.7 Å². The molecule has 0 aromatic carbocycles. The van der Waals surface area contributed by atoms with Crippen molar-refractivity contribution in [2.24, 2.45) is 5.92 Å². The maximum absolute atomic E-state index is 13.7. The molecule has 1 N–H and O–H groups in total. The molecule has 0 bridgehead atoms. The molecule has 0 saturated heterocycles. The van der Waals surface area contributed by atoms with Crippen molar-refractivity contribution in [3.8, 4) is 0 Å². The summed E-state index contributed by atoms with van der Waals surface area (Å²) in [5.41, 5.74) is 3.02. The Kier molecular flexibility index (Phi) is 3.56. The van der Waals surface area contributed by atoms with Gasteiger partial charge in [-0.2, -0.15) is 0 Å². The molecular weight excluding hydrogens is 347 g/mol. The number of pyridine rings is 1. The number of rotatable bonds is 3. The number of hydrogen-bond acceptors (Lipinski definition) is 4. The zero-order chi connectivity index (χ0) is 18.5. The summed E-state index contributed by atoms with van der Waals surface area (Å²) in [7, 11) is 0. The second-order valence-electron chi connectivity index (χ2n) is 7.11. The van der Waals surface area contributed by atoms with Crippen molar-refractivity contribution in [1.29, 1.82) is 0 Å². The van der Waals surface area contributed by atoms with Crippen LogP contribution in [-0.4, -0.2) is 30.6 Å². The van der Waals surface area contributed by atoms with Gasteiger partial charge in [0.2, 0.25) is 0 Å². The van der Waals surface area contributed by atoms with E-state index >= 15 is 0 Å². The Bertz CT molecular complexity index is 1100. The number of allylic oxidation sites excluding steroid dienone is 1. The molecule has 0 spiro atoms. The third-order valence-electron chi connectivity index (χ3n) is 5.58. The summed E-state index contributed by atoms with van der Waals surface area (Å²) in [6.45, 7) is 0. The van der Waals surface area contributed by atoms with E-state index in [1.54, 1.807) is 6.20 Å². The van der Waals surface area contributed by atoms with Crippen molar-refractivity contribution < 1.29 is 14.3 Å². The Balaban J connectivity index is 1.59. The lowest BCUT2D eigenvalue weighted by molar-refractivity contribution is -0.142. The molecule has 0 radical (unpaired) electrons. The fourth-order valence-corrected chi connectivity index (χ4v) is 4.28. The molecule has 3 heterocycles. The largest absolute Gasteiger partial charge is 0.481 e. The minimum Gasteiger partial charge on any atom is -0.481 e. The second kappa shape index (κ2) is 5.97. The molecule has 3 aromatic heterocycles. The van der Waals surface area contributed by atoms with Crippen LogP contribution in [0, 0.1) is 11.7 Å². The monoisotopic (exact) mass is 364 g/mol. The lowest BCUT2D eigenvalue weighted by Crippen LogP contribution is -2.21. The van der Waals surface area contributed by atoms with Gasteiger partial charge in [0.1, 0.15) is 11.5 Å². The lowest BCUT2D eigenvalue weighted by atomic mass is 10.0. The molecule has 136 valence electrons. The summed E-state index contributed by atoms with van der Waals surface area (Å²) in [6, 6.07) is 3.27. The van der Waals surface area contributed by atoms with Crippen LogP contribution in [0.5, 0.6) is 0 Å². The predicted octanol–water partition coefficient (Wildman–Crippen LogP) is 3.38. The normalized spacial score (nSPS) is 21.4. The van der Waals surface area contributed by atoms with E-state index in [4.69, 9.17) is 4.98 Å². The molecule has 0 amide bonds. The van der Waals surface area contributed by atoms with E-state index < -0.39 is 11.9 Å². The third-order valence-corrected chi connectivity index (χ3v) is 5.58. The van der Waals surface area contributed by atoms with Crippen molar-refractivity contribution >= 4 is 22.6 Å². The van der Waals surface area contributed by atoms with Gasteiger partial charge in [0.15, 0.2) is 5.82 Å². The first-order chi connectivity index (χ1) is 13.1. The zero-order valence-corrected chi connectivity index (χ0v) is 14.5. The standard InChI is InChI=1S/C20H17FN4O2/c21-12-8-15-13(4-5-16(15)22-10-12)18-23-9-11-6-7-25(19(11)24-18)17-3-1-2-14(17)20(26)27/h4,6-10,14,17H,1-3,5H2,(H,26,27)/t14-,17?/m0/s1. The van der Waals surface area contributed by atoms with Gasteiger partial charge in [-0.25, -0.2) is 14.4 Å². The molecule has 2 aliphatic carbocycles. The van der Waals surface area contributed by atoms with Gasteiger partial charge in [0.25, 0.3) is 0 Å². The van der Waals surface area contributed by atoms with E-state index in [9.17, 15) is 14.3 Å². The van der Waals surface area contributed by atoms with Gasteiger partial charge >= 0.3 is 5.97 Å². The summed E-state index contributed by atoms with van der Waals surface area (Å²) >= 11 is 0. The number of hydrogen-bond donors (Lipinski definition) is 1. The Hall–Kier alpha value is -3.09. The molecule has 1 saturated carbocycles. The van der Waals surface area contributed by atoms with Gasteiger partial charge in [-0.15, -0.1) is 0 Å². The molecule has 1 fully saturated rings. The fourth-order valence-electron chi connectivity index (χ4n) is 4.28. The van der Waals surface area contributed by atoms with Crippen molar-refractivity contribution in [3.05, 3.63) is 59.7 Å². The smallest absolute Gasteiger partial charge is 0.308 e. The number of aliphatic carboxylic acids is 1. The number of aromatic nitrogens is 4. The Morgan fingerprint density at radius 1 is 1.26 bits per heavy atom. The molecule has 5 rings (SSSR count). The first-order valence-electron chi connectivity index (χ1n) is 9.03. The van der Waals surface area contributed by atoms with Crippen LogP contribution in [0.15, 0.2) is 36.8 Å². The van der Waals surface area contributed by atoms with Gasteiger partial charge in [-0.3, -0.25) is 9.78 Å². The Labute approximate surface area is 154 Å². The van der Waals surface area contributed by atoms with E-state index in [0.29, 0.717) is 18.7 Å². The average Bonchev–Trinajstić information content (AvgIpc) is 3.37. The molecule has 2 atom stereocenters. The van der Waals surface area contributed by atoms with E-state index in [-0.39, 0.29) is 11.9 Å². The fraction of sp³-hybridized carbons (Fsp3) is 0.300. The zero-order valence-electron chi connectivity index (χ0n) is 14.5. The predicted molar refractivity (Wildman–Crippen MR) is 96.5 cm³/mol. The summed E-state index contributed by atoms with van der Waals surface area (Å²) in [4.78, 5) is 24.9. The topological polar surface area (TPSA) is 80.9 Å². The Morgan fingerprint density at radius 2 is 2.15 bits per heavy atom. The van der Waals surface area contributed by atoms with Crippen LogP contribution in [0.3, 0.4) is 0 Å². The molecule has 3 aromatic rings. The number of carboxylic acids is 1. The second-order valence-corrected chi connectivity index (χ2v) is 7.11. The number of nitrogens with zero attached hydrogens (tertiary/aromatic N) is 4. The van der Waals surface area contributed by atoms with Crippen LogP contribution in [-0.2, 0) is 11.2 Å². The van der Waals surface area contributed by atoms with Crippen LogP contribution >= 0.6 is 0 Å². The van der Waals surface area contributed by atoms with E-state index in [2.05, 4.69) is 9.97 Å². The third kappa shape index (κ3) is 2.53. The van der Waals surface area contributed by atoms with Gasteiger partial charge in [0.05, 0.1) is 17.8 Å². The van der Waals surface area contributed by atoms with E-state index in [1.165, 1.54) is 12.3 Å². The highest BCUT2D eigenvalue weighted by atomic mass is 19.1. The van der Waals surface area contributed by atoms with Gasteiger partial charge in [-0.05, 0) is 25.0 Å².